The lowest BCUT2D eigenvalue weighted by Crippen LogP contribution is -2.56. The number of urea groups is 1. The van der Waals surface area contributed by atoms with Gasteiger partial charge in [0.2, 0.25) is 0 Å². The lowest BCUT2D eigenvalue weighted by atomic mass is 9.94. The molecule has 2 aliphatic heterocycles. The van der Waals surface area contributed by atoms with Crippen molar-refractivity contribution in [1.29, 1.82) is 0 Å². The molecule has 0 unspecified atom stereocenters. The largest absolute Gasteiger partial charge is 0.573 e. The van der Waals surface area contributed by atoms with E-state index in [1.165, 1.54) is 29.3 Å². The molecular weight excluding hydrogens is 437 g/mol. The van der Waals surface area contributed by atoms with Gasteiger partial charge in [0.15, 0.2) is 0 Å². The monoisotopic (exact) mass is 462 g/mol. The normalized spacial score (nSPS) is 20.9. The molecule has 2 aliphatic rings. The second-order valence-corrected chi connectivity index (χ2v) is 7.94. The highest BCUT2D eigenvalue weighted by Gasteiger charge is 2.35. The average Bonchev–Trinajstić information content (AvgIpc) is 3.29. The van der Waals surface area contributed by atoms with Crippen molar-refractivity contribution in [1.82, 2.24) is 20.9 Å². The van der Waals surface area contributed by atoms with Crippen molar-refractivity contribution in [3.63, 3.8) is 0 Å². The van der Waals surface area contributed by atoms with Crippen LogP contribution in [-0.2, 0) is 11.2 Å². The molecule has 0 saturated carbocycles. The third-order valence-electron chi connectivity index (χ3n) is 5.73. The van der Waals surface area contributed by atoms with Gasteiger partial charge in [0, 0.05) is 25.3 Å². The van der Waals surface area contributed by atoms with Gasteiger partial charge in [0.25, 0.3) is 0 Å². The topological polar surface area (TPSA) is 66.1 Å². The molecule has 2 aromatic carbocycles. The van der Waals surface area contributed by atoms with Crippen LogP contribution in [0.25, 0.3) is 5.70 Å². The molecule has 2 amide bonds. The standard InChI is InChI=1S/C23H25F3N4O3/c1-32-20-12-9-18(13-16-5-3-2-4-6-16)29(14-20)22(31)30-15-21(27-28-30)17-7-10-19(11-8-17)33-23(24,25)26/h2-8,10-11,15,18,20,27-28H,9,12-14H2,1H3/t18-,20+/m1/s1. The Balaban J connectivity index is 1.47. The fraction of sp³-hybridized carbons (Fsp3) is 0.348. The summed E-state index contributed by atoms with van der Waals surface area (Å²) in [6, 6.07) is 15.2. The Morgan fingerprint density at radius 1 is 1.09 bits per heavy atom. The maximum atomic E-state index is 13.4. The van der Waals surface area contributed by atoms with Crippen molar-refractivity contribution in [3.8, 4) is 5.75 Å². The molecule has 2 atom stereocenters. The second-order valence-electron chi connectivity index (χ2n) is 7.94. The van der Waals surface area contributed by atoms with Gasteiger partial charge < -0.3 is 19.8 Å². The smallest absolute Gasteiger partial charge is 0.406 e. The van der Waals surface area contributed by atoms with E-state index in [9.17, 15) is 18.0 Å². The minimum absolute atomic E-state index is 0.0179. The van der Waals surface area contributed by atoms with E-state index >= 15 is 0 Å². The zero-order valence-electron chi connectivity index (χ0n) is 18.0. The number of alkyl halides is 3. The maximum absolute atomic E-state index is 13.4. The number of carbonyl (C=O) groups excluding carboxylic acids is 1. The van der Waals surface area contributed by atoms with Crippen LogP contribution < -0.4 is 15.7 Å². The number of methoxy groups -OCH3 is 1. The number of hydrogen-bond donors (Lipinski definition) is 2. The average molecular weight is 462 g/mol. The summed E-state index contributed by atoms with van der Waals surface area (Å²) in [6.07, 6.45) is -0.781. The third kappa shape index (κ3) is 5.77. The lowest BCUT2D eigenvalue weighted by molar-refractivity contribution is -0.274. The van der Waals surface area contributed by atoms with Crippen LogP contribution in [0.3, 0.4) is 0 Å². The van der Waals surface area contributed by atoms with E-state index in [-0.39, 0.29) is 23.9 Å². The first-order valence-corrected chi connectivity index (χ1v) is 10.6. The summed E-state index contributed by atoms with van der Waals surface area (Å²) in [7, 11) is 1.64. The maximum Gasteiger partial charge on any atom is 0.573 e. The van der Waals surface area contributed by atoms with Crippen molar-refractivity contribution in [2.75, 3.05) is 13.7 Å². The molecule has 2 aromatic rings. The number of hydrogen-bond acceptors (Lipinski definition) is 5. The highest BCUT2D eigenvalue weighted by molar-refractivity contribution is 5.79. The minimum atomic E-state index is -4.75. The number of rotatable bonds is 5. The summed E-state index contributed by atoms with van der Waals surface area (Å²) in [5.41, 5.74) is 8.01. The predicted molar refractivity (Wildman–Crippen MR) is 115 cm³/mol. The summed E-state index contributed by atoms with van der Waals surface area (Å²) in [5, 5.41) is 1.34. The van der Waals surface area contributed by atoms with Crippen LogP contribution in [0.15, 0.2) is 60.8 Å². The number of carbonyl (C=O) groups is 1. The molecular formula is C23H25F3N4O3. The SMILES string of the molecule is CO[C@H]1CC[C@H](Cc2ccccc2)N(C(=O)N2C=C(c3ccc(OC(F)(F)F)cc3)NN2)C1. The van der Waals surface area contributed by atoms with Gasteiger partial charge in [0.1, 0.15) is 5.75 Å². The van der Waals surface area contributed by atoms with Crippen LogP contribution in [0.5, 0.6) is 5.75 Å². The van der Waals surface area contributed by atoms with Gasteiger partial charge in [-0.1, -0.05) is 30.3 Å². The lowest BCUT2D eigenvalue weighted by Gasteiger charge is -2.40. The highest BCUT2D eigenvalue weighted by atomic mass is 19.4. The number of benzene rings is 2. The van der Waals surface area contributed by atoms with Gasteiger partial charge in [-0.25, -0.2) is 9.80 Å². The molecule has 0 aromatic heterocycles. The first kappa shape index (κ1) is 22.9. The van der Waals surface area contributed by atoms with Crippen LogP contribution in [0.1, 0.15) is 24.0 Å². The fourth-order valence-electron chi connectivity index (χ4n) is 4.06. The third-order valence-corrected chi connectivity index (χ3v) is 5.73. The quantitative estimate of drug-likeness (QED) is 0.702. The van der Waals surface area contributed by atoms with E-state index in [1.807, 2.05) is 30.3 Å². The Morgan fingerprint density at radius 3 is 2.48 bits per heavy atom. The minimum Gasteiger partial charge on any atom is -0.406 e. The molecule has 0 radical (unpaired) electrons. The number of ether oxygens (including phenoxy) is 2. The summed E-state index contributed by atoms with van der Waals surface area (Å²) >= 11 is 0. The molecule has 33 heavy (non-hydrogen) atoms. The predicted octanol–water partition coefficient (Wildman–Crippen LogP) is 4.05. The fourth-order valence-corrected chi connectivity index (χ4v) is 4.06. The molecule has 0 spiro atoms. The number of piperidine rings is 1. The van der Waals surface area contributed by atoms with Gasteiger partial charge in [-0.3, -0.25) is 0 Å². The van der Waals surface area contributed by atoms with Crippen LogP contribution in [0.4, 0.5) is 18.0 Å². The molecule has 1 fully saturated rings. The molecule has 1 saturated heterocycles. The van der Waals surface area contributed by atoms with E-state index in [0.29, 0.717) is 17.8 Å². The van der Waals surface area contributed by atoms with E-state index in [0.717, 1.165) is 24.8 Å². The zero-order chi connectivity index (χ0) is 23.4. The highest BCUT2D eigenvalue weighted by Crippen LogP contribution is 2.27. The number of halogens is 3. The van der Waals surface area contributed by atoms with E-state index < -0.39 is 6.36 Å². The van der Waals surface area contributed by atoms with Crippen LogP contribution in [-0.4, -0.2) is 48.1 Å². The summed E-state index contributed by atoms with van der Waals surface area (Å²) in [4.78, 5) is 15.2. The summed E-state index contributed by atoms with van der Waals surface area (Å²) in [5.74, 6) is -0.312. The number of hydrazine groups is 2. The van der Waals surface area contributed by atoms with Crippen molar-refractivity contribution >= 4 is 11.7 Å². The number of likely N-dealkylation sites (tertiary alicyclic amines) is 1. The van der Waals surface area contributed by atoms with Gasteiger partial charge in [-0.05, 0) is 49.1 Å². The van der Waals surface area contributed by atoms with Gasteiger partial charge in [0.05, 0.1) is 18.0 Å². The van der Waals surface area contributed by atoms with Crippen LogP contribution in [0.2, 0.25) is 0 Å². The zero-order valence-corrected chi connectivity index (χ0v) is 18.0. The first-order chi connectivity index (χ1) is 15.8. The molecule has 2 N–H and O–H groups in total. The Bertz CT molecular complexity index is 983. The van der Waals surface area contributed by atoms with Crippen molar-refractivity contribution in [3.05, 3.63) is 71.9 Å². The molecule has 0 aliphatic carbocycles. The number of nitrogens with zero attached hydrogens (tertiary/aromatic N) is 2. The molecule has 0 bridgehead atoms. The van der Waals surface area contributed by atoms with E-state index in [2.05, 4.69) is 15.7 Å². The van der Waals surface area contributed by atoms with Crippen molar-refractivity contribution in [2.45, 2.75) is 37.8 Å². The van der Waals surface area contributed by atoms with Crippen LogP contribution >= 0.6 is 0 Å². The molecule has 10 heteroatoms. The molecule has 4 rings (SSSR count). The van der Waals surface area contributed by atoms with Gasteiger partial charge in [-0.15, -0.1) is 18.7 Å². The van der Waals surface area contributed by atoms with Gasteiger partial charge in [-0.2, -0.15) is 0 Å². The second kappa shape index (κ2) is 9.72. The summed E-state index contributed by atoms with van der Waals surface area (Å²) < 4.78 is 46.5. The Morgan fingerprint density at radius 2 is 1.82 bits per heavy atom. The number of nitrogens with one attached hydrogen (secondary N) is 2. The molecule has 7 nitrogen and oxygen atoms in total. The molecule has 176 valence electrons. The van der Waals surface area contributed by atoms with E-state index in [4.69, 9.17) is 4.74 Å². The summed E-state index contributed by atoms with van der Waals surface area (Å²) in [6.45, 7) is 0.470. The Kier molecular flexibility index (Phi) is 6.75. The Labute approximate surface area is 189 Å². The Hall–Kier alpha value is -3.24. The first-order valence-electron chi connectivity index (χ1n) is 10.6. The van der Waals surface area contributed by atoms with Crippen molar-refractivity contribution in [2.24, 2.45) is 0 Å². The molecule has 2 heterocycles. The van der Waals surface area contributed by atoms with Gasteiger partial charge >= 0.3 is 12.4 Å². The number of amides is 2. The van der Waals surface area contributed by atoms with Crippen LogP contribution in [0, 0.1) is 0 Å². The van der Waals surface area contributed by atoms with Crippen molar-refractivity contribution < 1.29 is 27.4 Å². The van der Waals surface area contributed by atoms with E-state index in [1.54, 1.807) is 18.2 Å².